The molecule has 0 saturated carbocycles. The van der Waals surface area contributed by atoms with E-state index in [4.69, 9.17) is 0 Å². The summed E-state index contributed by atoms with van der Waals surface area (Å²) in [5.41, 5.74) is 0. The van der Waals surface area contributed by atoms with Crippen LogP contribution >= 0.6 is 0 Å². The molecular formula is C12H26Cl2NTi. The fourth-order valence-corrected chi connectivity index (χ4v) is 1.41. The standard InChI is InChI=1S/C12H26N.2ClH.Ti/c1-3-5-7-9-11-13-12-10-8-6-4-2;;;/h3-12H2,1-2H3;2*1H;/q-1;;;+3/p-2. The van der Waals surface area contributed by atoms with Gasteiger partial charge in [0.1, 0.15) is 0 Å². The Morgan fingerprint density at radius 1 is 0.625 bits per heavy atom. The first-order valence-corrected chi connectivity index (χ1v) is 6.05. The van der Waals surface area contributed by atoms with Crippen molar-refractivity contribution in [2.75, 3.05) is 13.1 Å². The van der Waals surface area contributed by atoms with Crippen molar-refractivity contribution in [1.29, 1.82) is 0 Å². The quantitative estimate of drug-likeness (QED) is 0.345. The van der Waals surface area contributed by atoms with E-state index in [0.717, 1.165) is 13.1 Å². The number of hydrogen-bond donors (Lipinski definition) is 0. The van der Waals surface area contributed by atoms with Gasteiger partial charge >= 0.3 is 21.7 Å². The van der Waals surface area contributed by atoms with Gasteiger partial charge in [0.15, 0.2) is 0 Å². The minimum absolute atomic E-state index is 0. The molecular weight excluding hydrogens is 277 g/mol. The summed E-state index contributed by atoms with van der Waals surface area (Å²) in [5, 5.41) is 4.51. The molecule has 97 valence electrons. The third-order valence-electron chi connectivity index (χ3n) is 2.34. The molecule has 0 rings (SSSR count). The zero-order valence-electron chi connectivity index (χ0n) is 10.8. The number of hydrogen-bond acceptors (Lipinski definition) is 0. The molecule has 16 heavy (non-hydrogen) atoms. The van der Waals surface area contributed by atoms with Crippen molar-refractivity contribution in [2.24, 2.45) is 0 Å². The van der Waals surface area contributed by atoms with Crippen LogP contribution < -0.4 is 24.8 Å². The first-order valence-electron chi connectivity index (χ1n) is 6.05. The van der Waals surface area contributed by atoms with Gasteiger partial charge in [-0.15, -0.1) is 13.1 Å². The van der Waals surface area contributed by atoms with E-state index in [2.05, 4.69) is 19.2 Å². The Balaban J connectivity index is -0.000000240. The molecule has 1 nitrogen and oxygen atoms in total. The Kier molecular flexibility index (Phi) is 40.8. The average molecular weight is 303 g/mol. The fourth-order valence-electron chi connectivity index (χ4n) is 1.41. The molecule has 0 saturated heterocycles. The molecule has 0 aromatic heterocycles. The number of rotatable bonds is 10. The van der Waals surface area contributed by atoms with E-state index in [0.29, 0.717) is 0 Å². The molecule has 0 heterocycles. The van der Waals surface area contributed by atoms with E-state index >= 15 is 0 Å². The van der Waals surface area contributed by atoms with Crippen molar-refractivity contribution in [3.05, 3.63) is 5.32 Å². The van der Waals surface area contributed by atoms with Gasteiger partial charge in [-0.1, -0.05) is 65.2 Å². The summed E-state index contributed by atoms with van der Waals surface area (Å²) >= 11 is 0. The van der Waals surface area contributed by atoms with E-state index in [-0.39, 0.29) is 46.5 Å². The molecule has 0 aromatic rings. The molecule has 0 fully saturated rings. The van der Waals surface area contributed by atoms with Crippen LogP contribution in [-0.4, -0.2) is 13.1 Å². The maximum absolute atomic E-state index is 4.51. The molecule has 0 aliphatic heterocycles. The zero-order valence-corrected chi connectivity index (χ0v) is 13.8. The van der Waals surface area contributed by atoms with Gasteiger partial charge in [0, 0.05) is 0 Å². The fraction of sp³-hybridized carbons (Fsp3) is 1.00. The Hall–Kier alpha value is 1.25. The van der Waals surface area contributed by atoms with E-state index in [1.165, 1.54) is 51.4 Å². The van der Waals surface area contributed by atoms with Crippen molar-refractivity contribution >= 4 is 0 Å². The minimum Gasteiger partial charge on any atom is -1.00 e. The van der Waals surface area contributed by atoms with E-state index in [1.54, 1.807) is 0 Å². The number of nitrogens with zero attached hydrogens (tertiary/aromatic N) is 1. The molecule has 0 spiro atoms. The van der Waals surface area contributed by atoms with Crippen LogP contribution in [0.15, 0.2) is 0 Å². The van der Waals surface area contributed by atoms with Crippen LogP contribution in [0.2, 0.25) is 0 Å². The average Bonchev–Trinajstić information content (AvgIpc) is 2.16. The van der Waals surface area contributed by atoms with Gasteiger partial charge in [0.25, 0.3) is 0 Å². The van der Waals surface area contributed by atoms with Crippen LogP contribution in [0.3, 0.4) is 0 Å². The Labute approximate surface area is 130 Å². The van der Waals surface area contributed by atoms with Gasteiger partial charge in [-0.05, 0) is 0 Å². The smallest absolute Gasteiger partial charge is 1.00 e. The SMILES string of the molecule is CCCCCC[N-]CCCCCC.[Cl-].[Cl-].[Ti+3]. The normalized spacial score (nSPS) is 8.62. The monoisotopic (exact) mass is 302 g/mol. The zero-order chi connectivity index (χ0) is 9.78. The van der Waals surface area contributed by atoms with Crippen LogP contribution in [0.5, 0.6) is 0 Å². The summed E-state index contributed by atoms with van der Waals surface area (Å²) in [6, 6.07) is 0. The molecule has 0 aromatic carbocycles. The third-order valence-corrected chi connectivity index (χ3v) is 2.34. The van der Waals surface area contributed by atoms with Crippen molar-refractivity contribution in [3.63, 3.8) is 0 Å². The van der Waals surface area contributed by atoms with Gasteiger partial charge in [0.2, 0.25) is 0 Å². The first-order chi connectivity index (χ1) is 6.41. The van der Waals surface area contributed by atoms with Gasteiger partial charge in [-0.2, -0.15) is 0 Å². The molecule has 0 atom stereocenters. The maximum Gasteiger partial charge on any atom is 3.00 e. The molecule has 0 bridgehead atoms. The second kappa shape index (κ2) is 25.2. The molecule has 0 N–H and O–H groups in total. The molecule has 0 amide bonds. The topological polar surface area (TPSA) is 14.1 Å². The summed E-state index contributed by atoms with van der Waals surface area (Å²) in [6.07, 6.45) is 10.8. The van der Waals surface area contributed by atoms with Crippen LogP contribution in [0.1, 0.15) is 65.2 Å². The van der Waals surface area contributed by atoms with E-state index in [9.17, 15) is 0 Å². The summed E-state index contributed by atoms with van der Waals surface area (Å²) in [5.74, 6) is 0. The third kappa shape index (κ3) is 24.5. The van der Waals surface area contributed by atoms with Gasteiger partial charge < -0.3 is 30.1 Å². The molecule has 1 radical (unpaired) electrons. The molecule has 0 unspecified atom stereocenters. The number of halogens is 2. The second-order valence-electron chi connectivity index (χ2n) is 3.79. The van der Waals surface area contributed by atoms with Crippen LogP contribution in [0.25, 0.3) is 5.32 Å². The van der Waals surface area contributed by atoms with Crippen molar-refractivity contribution in [2.45, 2.75) is 65.2 Å². The van der Waals surface area contributed by atoms with Crippen LogP contribution in [0.4, 0.5) is 0 Å². The Morgan fingerprint density at radius 2 is 1.00 bits per heavy atom. The van der Waals surface area contributed by atoms with Crippen molar-refractivity contribution < 1.29 is 46.5 Å². The molecule has 0 aliphatic carbocycles. The van der Waals surface area contributed by atoms with Crippen molar-refractivity contribution in [3.8, 4) is 0 Å². The summed E-state index contributed by atoms with van der Waals surface area (Å²) in [4.78, 5) is 0. The van der Waals surface area contributed by atoms with Crippen LogP contribution in [0, 0.1) is 0 Å². The Morgan fingerprint density at radius 3 is 1.31 bits per heavy atom. The summed E-state index contributed by atoms with van der Waals surface area (Å²) in [6.45, 7) is 6.71. The van der Waals surface area contributed by atoms with E-state index in [1.807, 2.05) is 0 Å². The minimum atomic E-state index is 0. The van der Waals surface area contributed by atoms with Gasteiger partial charge in [-0.3, -0.25) is 0 Å². The number of unbranched alkanes of at least 4 members (excludes halogenated alkanes) is 6. The maximum atomic E-state index is 4.51. The summed E-state index contributed by atoms with van der Waals surface area (Å²) in [7, 11) is 0. The van der Waals surface area contributed by atoms with Crippen molar-refractivity contribution in [1.82, 2.24) is 0 Å². The van der Waals surface area contributed by atoms with E-state index < -0.39 is 0 Å². The summed E-state index contributed by atoms with van der Waals surface area (Å²) < 4.78 is 0. The predicted molar refractivity (Wildman–Crippen MR) is 61.4 cm³/mol. The van der Waals surface area contributed by atoms with Crippen LogP contribution in [-0.2, 0) is 21.7 Å². The largest absolute Gasteiger partial charge is 3.00 e. The second-order valence-corrected chi connectivity index (χ2v) is 3.79. The molecule has 4 heteroatoms. The predicted octanol–water partition coefficient (Wildman–Crippen LogP) is -1.47. The Bertz CT molecular complexity index is 85.1. The van der Waals surface area contributed by atoms with Gasteiger partial charge in [0.05, 0.1) is 0 Å². The first kappa shape index (κ1) is 25.9. The van der Waals surface area contributed by atoms with Gasteiger partial charge in [-0.25, -0.2) is 0 Å². The molecule has 0 aliphatic rings.